The lowest BCUT2D eigenvalue weighted by Crippen LogP contribution is -2.26. The molecule has 0 aliphatic carbocycles. The maximum absolute atomic E-state index is 6.28. The van der Waals surface area contributed by atoms with Gasteiger partial charge < -0.3 is 9.64 Å². The van der Waals surface area contributed by atoms with Crippen molar-refractivity contribution in [1.82, 2.24) is 25.1 Å². The Morgan fingerprint density at radius 2 is 1.87 bits per heavy atom. The first kappa shape index (κ1) is 23.4. The number of ether oxygens (including phenoxy) is 1. The lowest BCUT2D eigenvalue weighted by Gasteiger charge is -2.18. The first-order valence-electron chi connectivity index (χ1n) is 9.72. The van der Waals surface area contributed by atoms with Gasteiger partial charge in [0.05, 0.1) is 22.5 Å². The Balaban J connectivity index is 0.00000136. The van der Waals surface area contributed by atoms with Gasteiger partial charge in [-0.3, -0.25) is 4.98 Å². The Labute approximate surface area is 197 Å². The van der Waals surface area contributed by atoms with Gasteiger partial charge in [0, 0.05) is 35.8 Å². The fourth-order valence-corrected chi connectivity index (χ4v) is 5.08. The summed E-state index contributed by atoms with van der Waals surface area (Å²) in [6.07, 6.45) is 3.54. The molecule has 0 amide bonds. The SMILES string of the molecule is Cc1cc(O[C@H]2CN(c3ncnc4c3sc3nnc(C)c(C)c34)C[C@@H]2C)ccn1.Cl.Cl. The minimum absolute atomic E-state index is 0. The van der Waals surface area contributed by atoms with Crippen LogP contribution in [-0.4, -0.2) is 44.3 Å². The van der Waals surface area contributed by atoms with Crippen LogP contribution in [0.25, 0.3) is 20.4 Å². The van der Waals surface area contributed by atoms with Gasteiger partial charge in [-0.25, -0.2) is 9.97 Å². The quantitative estimate of drug-likeness (QED) is 0.422. The van der Waals surface area contributed by atoms with Crippen LogP contribution in [0.5, 0.6) is 5.75 Å². The Morgan fingerprint density at radius 3 is 2.65 bits per heavy atom. The van der Waals surface area contributed by atoms with E-state index in [-0.39, 0.29) is 30.9 Å². The smallest absolute Gasteiger partial charge is 0.150 e. The van der Waals surface area contributed by atoms with Gasteiger partial charge in [-0.2, -0.15) is 5.10 Å². The standard InChI is InChI=1S/C21H22N6OS.2ClH/c1-11-8-27(9-16(11)28-15-5-6-22-12(2)7-15)20-19-18(23-10-24-20)17-13(3)14(4)25-26-21(17)29-19;;/h5-7,10-11,16H,8-9H2,1-4H3;2*1H/t11-,16-;;/m0../s1. The molecule has 7 nitrogen and oxygen atoms in total. The monoisotopic (exact) mass is 478 g/mol. The molecule has 1 aliphatic rings. The summed E-state index contributed by atoms with van der Waals surface area (Å²) >= 11 is 1.62. The van der Waals surface area contributed by atoms with Gasteiger partial charge in [0.1, 0.15) is 28.8 Å². The van der Waals surface area contributed by atoms with Crippen molar-refractivity contribution in [2.24, 2.45) is 5.92 Å². The van der Waals surface area contributed by atoms with E-state index in [0.717, 1.165) is 62.0 Å². The molecule has 4 aromatic heterocycles. The molecule has 0 radical (unpaired) electrons. The molecule has 1 fully saturated rings. The number of pyridine rings is 1. The van der Waals surface area contributed by atoms with Gasteiger partial charge in [0.2, 0.25) is 0 Å². The highest BCUT2D eigenvalue weighted by Gasteiger charge is 2.33. The minimum atomic E-state index is 0. The van der Waals surface area contributed by atoms with Gasteiger partial charge in [-0.15, -0.1) is 41.2 Å². The molecule has 1 aliphatic heterocycles. The van der Waals surface area contributed by atoms with Crippen LogP contribution in [0, 0.1) is 26.7 Å². The van der Waals surface area contributed by atoms with Crippen molar-refractivity contribution in [2.45, 2.75) is 33.8 Å². The largest absolute Gasteiger partial charge is 0.488 e. The molecular weight excluding hydrogens is 455 g/mol. The van der Waals surface area contributed by atoms with Crippen LogP contribution in [-0.2, 0) is 0 Å². The fraction of sp³-hybridized carbons (Fsp3) is 0.381. The average Bonchev–Trinajstić information content (AvgIpc) is 3.25. The summed E-state index contributed by atoms with van der Waals surface area (Å²) in [7, 11) is 0. The highest BCUT2D eigenvalue weighted by atomic mass is 35.5. The molecular formula is C21H24Cl2N6OS. The number of hydrogen-bond donors (Lipinski definition) is 0. The molecule has 0 bridgehead atoms. The number of nitrogens with zero attached hydrogens (tertiary/aromatic N) is 6. The van der Waals surface area contributed by atoms with E-state index in [0.29, 0.717) is 5.92 Å². The van der Waals surface area contributed by atoms with Crippen LogP contribution >= 0.6 is 36.2 Å². The normalized spacial score (nSPS) is 18.1. The third-order valence-electron chi connectivity index (χ3n) is 5.64. The molecule has 0 unspecified atom stereocenters. The number of anilines is 1. The van der Waals surface area contributed by atoms with Crippen molar-refractivity contribution < 1.29 is 4.74 Å². The molecule has 0 spiro atoms. The van der Waals surface area contributed by atoms with E-state index in [1.165, 1.54) is 0 Å². The van der Waals surface area contributed by atoms with Crippen molar-refractivity contribution >= 4 is 62.4 Å². The first-order chi connectivity index (χ1) is 14.0. The molecule has 164 valence electrons. The van der Waals surface area contributed by atoms with Crippen molar-refractivity contribution in [1.29, 1.82) is 0 Å². The summed E-state index contributed by atoms with van der Waals surface area (Å²) in [5.41, 5.74) is 4.00. The van der Waals surface area contributed by atoms with Crippen LogP contribution in [0.2, 0.25) is 0 Å². The van der Waals surface area contributed by atoms with Gasteiger partial charge in [0.15, 0.2) is 0 Å². The second kappa shape index (κ2) is 9.06. The first-order valence-corrected chi connectivity index (χ1v) is 10.5. The number of aromatic nitrogens is 5. The molecule has 0 N–H and O–H groups in total. The van der Waals surface area contributed by atoms with E-state index in [4.69, 9.17) is 4.74 Å². The molecule has 5 rings (SSSR count). The Kier molecular flexibility index (Phi) is 6.83. The van der Waals surface area contributed by atoms with E-state index in [9.17, 15) is 0 Å². The molecule has 10 heteroatoms. The van der Waals surface area contributed by atoms with Gasteiger partial charge in [-0.05, 0) is 32.4 Å². The number of hydrogen-bond acceptors (Lipinski definition) is 8. The average molecular weight is 479 g/mol. The summed E-state index contributed by atoms with van der Waals surface area (Å²) in [6, 6.07) is 3.90. The molecule has 2 atom stereocenters. The van der Waals surface area contributed by atoms with Crippen molar-refractivity contribution in [2.75, 3.05) is 18.0 Å². The van der Waals surface area contributed by atoms with Gasteiger partial charge >= 0.3 is 0 Å². The molecule has 1 saturated heterocycles. The Hall–Kier alpha value is -2.29. The number of thiophene rings is 1. The van der Waals surface area contributed by atoms with Gasteiger partial charge in [0.25, 0.3) is 0 Å². The summed E-state index contributed by atoms with van der Waals surface area (Å²) in [5.74, 6) is 2.21. The molecule has 4 aromatic rings. The van der Waals surface area contributed by atoms with E-state index in [2.05, 4.69) is 43.9 Å². The van der Waals surface area contributed by atoms with E-state index in [1.54, 1.807) is 23.9 Å². The van der Waals surface area contributed by atoms with E-state index in [1.807, 2.05) is 26.0 Å². The molecule has 0 aromatic carbocycles. The predicted octanol–water partition coefficient (Wildman–Crippen LogP) is 4.70. The Morgan fingerprint density at radius 1 is 1.06 bits per heavy atom. The third kappa shape index (κ3) is 4.12. The summed E-state index contributed by atoms with van der Waals surface area (Å²) in [6.45, 7) is 9.94. The van der Waals surface area contributed by atoms with Crippen LogP contribution in [0.3, 0.4) is 0 Å². The van der Waals surface area contributed by atoms with Gasteiger partial charge in [-0.1, -0.05) is 6.92 Å². The lowest BCUT2D eigenvalue weighted by atomic mass is 10.1. The third-order valence-corrected chi connectivity index (χ3v) is 6.70. The van der Waals surface area contributed by atoms with E-state index < -0.39 is 0 Å². The fourth-order valence-electron chi connectivity index (χ4n) is 3.93. The molecule has 5 heterocycles. The van der Waals surface area contributed by atoms with Crippen LogP contribution in [0.15, 0.2) is 24.7 Å². The number of rotatable bonds is 3. The van der Waals surface area contributed by atoms with Crippen molar-refractivity contribution in [3.8, 4) is 5.75 Å². The van der Waals surface area contributed by atoms with Crippen LogP contribution in [0.1, 0.15) is 23.9 Å². The Bertz CT molecular complexity index is 1230. The highest BCUT2D eigenvalue weighted by Crippen LogP contribution is 2.39. The maximum Gasteiger partial charge on any atom is 0.150 e. The zero-order valence-electron chi connectivity index (χ0n) is 17.7. The molecule has 31 heavy (non-hydrogen) atoms. The summed E-state index contributed by atoms with van der Waals surface area (Å²) in [4.78, 5) is 16.7. The number of halogens is 2. The second-order valence-electron chi connectivity index (χ2n) is 7.74. The zero-order valence-corrected chi connectivity index (χ0v) is 20.1. The zero-order chi connectivity index (χ0) is 20.1. The predicted molar refractivity (Wildman–Crippen MR) is 129 cm³/mol. The summed E-state index contributed by atoms with van der Waals surface area (Å²) < 4.78 is 7.35. The van der Waals surface area contributed by atoms with Crippen molar-refractivity contribution in [3.05, 3.63) is 41.6 Å². The highest BCUT2D eigenvalue weighted by molar-refractivity contribution is 7.26. The van der Waals surface area contributed by atoms with Crippen LogP contribution in [0.4, 0.5) is 5.82 Å². The second-order valence-corrected chi connectivity index (χ2v) is 8.74. The van der Waals surface area contributed by atoms with Crippen LogP contribution < -0.4 is 9.64 Å². The van der Waals surface area contributed by atoms with Crippen molar-refractivity contribution in [3.63, 3.8) is 0 Å². The maximum atomic E-state index is 6.28. The van der Waals surface area contributed by atoms with E-state index >= 15 is 0 Å². The number of fused-ring (bicyclic) bond motifs is 3. The number of aryl methyl sites for hydroxylation is 3. The lowest BCUT2D eigenvalue weighted by molar-refractivity contribution is 0.183. The minimum Gasteiger partial charge on any atom is -0.488 e. The molecule has 0 saturated carbocycles. The topological polar surface area (TPSA) is 76.9 Å². The summed E-state index contributed by atoms with van der Waals surface area (Å²) in [5, 5.41) is 9.76.